The van der Waals surface area contributed by atoms with Crippen molar-refractivity contribution < 1.29 is 9.90 Å². The predicted octanol–water partition coefficient (Wildman–Crippen LogP) is 2.79. The zero-order chi connectivity index (χ0) is 14.5. The molecule has 0 saturated carbocycles. The molecule has 0 aliphatic carbocycles. The Kier molecular flexibility index (Phi) is 4.70. The van der Waals surface area contributed by atoms with Gasteiger partial charge in [0.05, 0.1) is 11.7 Å². The Labute approximate surface area is 121 Å². The molecule has 0 bridgehead atoms. The molecule has 6 heteroatoms. The van der Waals surface area contributed by atoms with Crippen molar-refractivity contribution in [1.29, 1.82) is 0 Å². The average molecular weight is 291 g/mol. The molecule has 20 heavy (non-hydrogen) atoms. The van der Waals surface area contributed by atoms with E-state index in [1.165, 1.54) is 16.9 Å². The SMILES string of the molecule is CCC(Nc1nc(C(N)C(=O)O)cs1)c1ccccc1. The number of hydrogen-bond acceptors (Lipinski definition) is 5. The maximum absolute atomic E-state index is 10.8. The number of benzene rings is 1. The number of aromatic nitrogens is 1. The summed E-state index contributed by atoms with van der Waals surface area (Å²) in [5, 5.41) is 14.6. The number of carbonyl (C=O) groups is 1. The van der Waals surface area contributed by atoms with E-state index in [4.69, 9.17) is 10.8 Å². The lowest BCUT2D eigenvalue weighted by Crippen LogP contribution is -2.21. The van der Waals surface area contributed by atoms with Crippen molar-refractivity contribution in [2.24, 2.45) is 5.73 Å². The van der Waals surface area contributed by atoms with Crippen LogP contribution in [0.3, 0.4) is 0 Å². The molecule has 1 aromatic carbocycles. The minimum absolute atomic E-state index is 0.149. The van der Waals surface area contributed by atoms with E-state index >= 15 is 0 Å². The number of rotatable bonds is 6. The van der Waals surface area contributed by atoms with Crippen LogP contribution in [0.15, 0.2) is 35.7 Å². The molecule has 0 amide bonds. The second-order valence-electron chi connectivity index (χ2n) is 4.41. The first-order chi connectivity index (χ1) is 9.61. The summed E-state index contributed by atoms with van der Waals surface area (Å²) in [6.45, 7) is 2.09. The summed E-state index contributed by atoms with van der Waals surface area (Å²) in [6.07, 6.45) is 0.907. The van der Waals surface area contributed by atoms with Crippen molar-refractivity contribution in [3.8, 4) is 0 Å². The molecule has 106 valence electrons. The van der Waals surface area contributed by atoms with E-state index in [-0.39, 0.29) is 6.04 Å². The van der Waals surface area contributed by atoms with Crippen LogP contribution >= 0.6 is 11.3 Å². The van der Waals surface area contributed by atoms with Crippen LogP contribution in [0.2, 0.25) is 0 Å². The lowest BCUT2D eigenvalue weighted by molar-refractivity contribution is -0.138. The van der Waals surface area contributed by atoms with Gasteiger partial charge in [0.1, 0.15) is 6.04 Å². The maximum Gasteiger partial charge on any atom is 0.326 e. The second-order valence-corrected chi connectivity index (χ2v) is 5.27. The highest BCUT2D eigenvalue weighted by Gasteiger charge is 2.18. The van der Waals surface area contributed by atoms with E-state index in [9.17, 15) is 4.79 Å². The molecule has 1 heterocycles. The number of nitrogens with one attached hydrogen (secondary N) is 1. The van der Waals surface area contributed by atoms with Gasteiger partial charge in [0.15, 0.2) is 5.13 Å². The fourth-order valence-electron chi connectivity index (χ4n) is 1.88. The first kappa shape index (κ1) is 14.5. The molecule has 0 aliphatic heterocycles. The lowest BCUT2D eigenvalue weighted by Gasteiger charge is -2.16. The van der Waals surface area contributed by atoms with Gasteiger partial charge >= 0.3 is 5.97 Å². The lowest BCUT2D eigenvalue weighted by atomic mass is 10.1. The van der Waals surface area contributed by atoms with Gasteiger partial charge in [0, 0.05) is 5.38 Å². The van der Waals surface area contributed by atoms with Crippen molar-refractivity contribution in [1.82, 2.24) is 4.98 Å². The zero-order valence-electron chi connectivity index (χ0n) is 11.1. The molecule has 2 atom stereocenters. The number of carboxylic acid groups (broad SMARTS) is 1. The molecule has 0 fully saturated rings. The van der Waals surface area contributed by atoms with Gasteiger partial charge in [-0.25, -0.2) is 4.98 Å². The van der Waals surface area contributed by atoms with Crippen molar-refractivity contribution in [3.05, 3.63) is 47.0 Å². The third kappa shape index (κ3) is 3.34. The molecule has 5 nitrogen and oxygen atoms in total. The van der Waals surface area contributed by atoms with Crippen LogP contribution in [-0.2, 0) is 4.79 Å². The van der Waals surface area contributed by atoms with E-state index in [2.05, 4.69) is 29.4 Å². The Hall–Kier alpha value is -1.92. The number of thiazole rings is 1. The highest BCUT2D eigenvalue weighted by Crippen LogP contribution is 2.26. The largest absolute Gasteiger partial charge is 0.480 e. The van der Waals surface area contributed by atoms with Gasteiger partial charge in [-0.2, -0.15) is 0 Å². The Morgan fingerprint density at radius 3 is 2.75 bits per heavy atom. The summed E-state index contributed by atoms with van der Waals surface area (Å²) >= 11 is 1.37. The Morgan fingerprint density at radius 1 is 1.45 bits per heavy atom. The highest BCUT2D eigenvalue weighted by molar-refractivity contribution is 7.13. The Bertz CT molecular complexity index is 571. The van der Waals surface area contributed by atoms with E-state index < -0.39 is 12.0 Å². The first-order valence-corrected chi connectivity index (χ1v) is 7.25. The third-order valence-electron chi connectivity index (χ3n) is 3.01. The summed E-state index contributed by atoms with van der Waals surface area (Å²) in [5.41, 5.74) is 7.10. The maximum atomic E-state index is 10.8. The second kappa shape index (κ2) is 6.49. The number of hydrogen-bond donors (Lipinski definition) is 3. The molecule has 0 radical (unpaired) electrons. The van der Waals surface area contributed by atoms with Crippen LogP contribution in [-0.4, -0.2) is 16.1 Å². The topological polar surface area (TPSA) is 88.2 Å². The predicted molar refractivity (Wildman–Crippen MR) is 79.8 cm³/mol. The highest BCUT2D eigenvalue weighted by atomic mass is 32.1. The molecule has 0 spiro atoms. The summed E-state index contributed by atoms with van der Waals surface area (Å²) in [5.74, 6) is -1.07. The number of carboxylic acids is 1. The number of nitrogens with zero attached hydrogens (tertiary/aromatic N) is 1. The van der Waals surface area contributed by atoms with Gasteiger partial charge in [0.2, 0.25) is 0 Å². The summed E-state index contributed by atoms with van der Waals surface area (Å²) < 4.78 is 0. The normalized spacial score (nSPS) is 13.7. The van der Waals surface area contributed by atoms with Crippen molar-refractivity contribution >= 4 is 22.4 Å². The smallest absolute Gasteiger partial charge is 0.326 e. The fourth-order valence-corrected chi connectivity index (χ4v) is 2.68. The standard InChI is InChI=1S/C14H17N3O2S/c1-2-10(9-6-4-3-5-7-9)16-14-17-11(8-20-14)12(15)13(18)19/h3-8,10,12H,2,15H2,1H3,(H,16,17)(H,18,19). The van der Waals surface area contributed by atoms with E-state index in [0.717, 1.165) is 6.42 Å². The summed E-state index contributed by atoms with van der Waals surface area (Å²) in [4.78, 5) is 15.1. The van der Waals surface area contributed by atoms with Crippen LogP contribution in [0.25, 0.3) is 0 Å². The van der Waals surface area contributed by atoms with Crippen LogP contribution in [0.1, 0.15) is 36.7 Å². The average Bonchev–Trinajstić information content (AvgIpc) is 2.93. The molecule has 1 aromatic heterocycles. The summed E-state index contributed by atoms with van der Waals surface area (Å²) in [7, 11) is 0. The molecule has 4 N–H and O–H groups in total. The molecule has 2 aromatic rings. The van der Waals surface area contributed by atoms with Crippen molar-refractivity contribution in [3.63, 3.8) is 0 Å². The van der Waals surface area contributed by atoms with Crippen LogP contribution in [0.4, 0.5) is 5.13 Å². The molecular weight excluding hydrogens is 274 g/mol. The van der Waals surface area contributed by atoms with Gasteiger partial charge in [-0.05, 0) is 12.0 Å². The molecule has 2 rings (SSSR count). The van der Waals surface area contributed by atoms with Gasteiger partial charge in [-0.15, -0.1) is 11.3 Å². The molecular formula is C14H17N3O2S. The van der Waals surface area contributed by atoms with Gasteiger partial charge in [-0.1, -0.05) is 37.3 Å². The zero-order valence-corrected chi connectivity index (χ0v) is 11.9. The van der Waals surface area contributed by atoms with Crippen molar-refractivity contribution in [2.45, 2.75) is 25.4 Å². The van der Waals surface area contributed by atoms with E-state index in [0.29, 0.717) is 10.8 Å². The molecule has 0 aliphatic rings. The third-order valence-corrected chi connectivity index (χ3v) is 3.81. The van der Waals surface area contributed by atoms with Crippen LogP contribution < -0.4 is 11.1 Å². The Morgan fingerprint density at radius 2 is 2.15 bits per heavy atom. The quantitative estimate of drug-likeness (QED) is 0.761. The molecule has 2 unspecified atom stereocenters. The number of aliphatic carboxylic acids is 1. The van der Waals surface area contributed by atoms with Gasteiger partial charge < -0.3 is 16.2 Å². The minimum atomic E-state index is -1.07. The number of nitrogens with two attached hydrogens (primary N) is 1. The number of anilines is 1. The first-order valence-electron chi connectivity index (χ1n) is 6.37. The van der Waals surface area contributed by atoms with Crippen LogP contribution in [0.5, 0.6) is 0 Å². The monoisotopic (exact) mass is 291 g/mol. The fraction of sp³-hybridized carbons (Fsp3) is 0.286. The summed E-state index contributed by atoms with van der Waals surface area (Å²) in [6, 6.07) is 9.15. The van der Waals surface area contributed by atoms with Crippen LogP contribution in [0, 0.1) is 0 Å². The van der Waals surface area contributed by atoms with Gasteiger partial charge in [-0.3, -0.25) is 4.79 Å². The van der Waals surface area contributed by atoms with Gasteiger partial charge in [0.25, 0.3) is 0 Å². The van der Waals surface area contributed by atoms with E-state index in [1.54, 1.807) is 5.38 Å². The minimum Gasteiger partial charge on any atom is -0.480 e. The Balaban J connectivity index is 2.11. The van der Waals surface area contributed by atoms with E-state index in [1.807, 2.05) is 18.2 Å². The molecule has 0 saturated heterocycles. The van der Waals surface area contributed by atoms with Crippen molar-refractivity contribution in [2.75, 3.05) is 5.32 Å².